The number of hydrogen-bond donors (Lipinski definition) is 1. The van der Waals surface area contributed by atoms with E-state index in [0.717, 1.165) is 33.4 Å². The number of aromatic amines is 1. The van der Waals surface area contributed by atoms with Crippen LogP contribution in [0.4, 0.5) is 0 Å². The first-order valence-electron chi connectivity index (χ1n) is 7.16. The van der Waals surface area contributed by atoms with Crippen molar-refractivity contribution in [1.29, 1.82) is 0 Å². The summed E-state index contributed by atoms with van der Waals surface area (Å²) in [5.74, 6) is 0.841. The van der Waals surface area contributed by atoms with Crippen LogP contribution in [0.2, 0.25) is 0 Å². The second-order valence-electron chi connectivity index (χ2n) is 5.47. The Hall–Kier alpha value is -2.88. The number of para-hydroxylation sites is 2. The number of imidazole rings is 1. The van der Waals surface area contributed by atoms with Gasteiger partial charge in [-0.1, -0.05) is 24.3 Å². The number of hydrogen-bond acceptors (Lipinski definition) is 3. The van der Waals surface area contributed by atoms with Crippen molar-refractivity contribution < 1.29 is 4.42 Å². The molecule has 0 radical (unpaired) electrons. The van der Waals surface area contributed by atoms with Crippen LogP contribution in [-0.4, -0.2) is 9.97 Å². The molecule has 108 valence electrons. The molecule has 4 nitrogen and oxygen atoms in total. The van der Waals surface area contributed by atoms with Crippen LogP contribution < -0.4 is 5.63 Å². The van der Waals surface area contributed by atoms with E-state index in [0.29, 0.717) is 12.0 Å². The Kier molecular flexibility index (Phi) is 2.82. The summed E-state index contributed by atoms with van der Waals surface area (Å²) in [4.78, 5) is 19.7. The molecule has 0 saturated carbocycles. The van der Waals surface area contributed by atoms with Gasteiger partial charge in [-0.05, 0) is 36.2 Å². The van der Waals surface area contributed by atoms with Gasteiger partial charge in [-0.3, -0.25) is 0 Å². The molecule has 0 aliphatic heterocycles. The number of aromatic nitrogens is 2. The number of nitrogens with zero attached hydrogens (tertiary/aromatic N) is 1. The summed E-state index contributed by atoms with van der Waals surface area (Å²) in [5, 5.41) is 0.950. The van der Waals surface area contributed by atoms with Crippen molar-refractivity contribution >= 4 is 22.0 Å². The normalized spacial score (nSPS) is 11.3. The third-order valence-corrected chi connectivity index (χ3v) is 3.78. The number of fused-ring (bicyclic) bond motifs is 2. The van der Waals surface area contributed by atoms with Gasteiger partial charge in [-0.25, -0.2) is 9.78 Å². The van der Waals surface area contributed by atoms with E-state index in [1.165, 1.54) is 0 Å². The summed E-state index contributed by atoms with van der Waals surface area (Å²) in [6.07, 6.45) is 0.569. The summed E-state index contributed by atoms with van der Waals surface area (Å²) in [6.45, 7) is 1.98. The van der Waals surface area contributed by atoms with Gasteiger partial charge in [0, 0.05) is 17.9 Å². The topological polar surface area (TPSA) is 58.9 Å². The second-order valence-corrected chi connectivity index (χ2v) is 5.47. The highest BCUT2D eigenvalue weighted by Gasteiger charge is 2.09. The summed E-state index contributed by atoms with van der Waals surface area (Å²) >= 11 is 0. The molecule has 2 aromatic carbocycles. The second kappa shape index (κ2) is 4.84. The Bertz CT molecular complexity index is 1010. The number of nitrogens with one attached hydrogen (secondary N) is 1. The average molecular weight is 290 g/mol. The van der Waals surface area contributed by atoms with E-state index in [4.69, 9.17) is 4.42 Å². The van der Waals surface area contributed by atoms with Crippen molar-refractivity contribution in [1.82, 2.24) is 9.97 Å². The molecule has 0 aliphatic carbocycles. The number of aryl methyl sites for hydroxylation is 1. The maximum Gasteiger partial charge on any atom is 0.336 e. The minimum absolute atomic E-state index is 0.329. The zero-order valence-corrected chi connectivity index (χ0v) is 12.1. The van der Waals surface area contributed by atoms with Crippen molar-refractivity contribution in [3.8, 4) is 0 Å². The van der Waals surface area contributed by atoms with E-state index in [-0.39, 0.29) is 5.63 Å². The predicted molar refractivity (Wildman–Crippen MR) is 86.1 cm³/mol. The molecule has 0 aliphatic rings. The van der Waals surface area contributed by atoms with Crippen LogP contribution in [0.5, 0.6) is 0 Å². The molecule has 0 unspecified atom stereocenters. The Balaban J connectivity index is 1.85. The van der Waals surface area contributed by atoms with Crippen molar-refractivity contribution in [3.63, 3.8) is 0 Å². The van der Waals surface area contributed by atoms with E-state index in [9.17, 15) is 4.79 Å². The lowest BCUT2D eigenvalue weighted by atomic mass is 10.1. The standard InChI is InChI=1S/C18H14N2O2/c1-11-6-7-13-12(10-18(21)22-16(13)8-11)9-17-19-14-4-2-3-5-15(14)20-17/h2-8,10H,9H2,1H3,(H,19,20). The fraction of sp³-hybridized carbons (Fsp3) is 0.111. The predicted octanol–water partition coefficient (Wildman–Crippen LogP) is 3.57. The molecule has 4 heteroatoms. The van der Waals surface area contributed by atoms with Gasteiger partial charge in [0.1, 0.15) is 11.4 Å². The smallest absolute Gasteiger partial charge is 0.336 e. The number of benzene rings is 2. The maximum absolute atomic E-state index is 11.8. The monoisotopic (exact) mass is 290 g/mol. The van der Waals surface area contributed by atoms with Crippen molar-refractivity contribution in [2.75, 3.05) is 0 Å². The van der Waals surface area contributed by atoms with Crippen LogP contribution in [0.1, 0.15) is 17.0 Å². The Morgan fingerprint density at radius 1 is 1.14 bits per heavy atom. The fourth-order valence-corrected chi connectivity index (χ4v) is 2.75. The molecule has 22 heavy (non-hydrogen) atoms. The molecule has 4 aromatic rings. The summed E-state index contributed by atoms with van der Waals surface area (Å²) < 4.78 is 5.29. The van der Waals surface area contributed by atoms with Crippen molar-refractivity contribution in [2.24, 2.45) is 0 Å². The molecular weight excluding hydrogens is 276 g/mol. The van der Waals surface area contributed by atoms with Crippen LogP contribution in [0.3, 0.4) is 0 Å². The third kappa shape index (κ3) is 2.19. The molecule has 2 heterocycles. The zero-order chi connectivity index (χ0) is 15.1. The Labute approximate surface area is 126 Å². The molecular formula is C18H14N2O2. The van der Waals surface area contributed by atoms with Gasteiger partial charge in [0.25, 0.3) is 0 Å². The number of rotatable bonds is 2. The first kappa shape index (κ1) is 12.8. The van der Waals surface area contributed by atoms with Gasteiger partial charge in [0.05, 0.1) is 11.0 Å². The molecule has 0 amide bonds. The zero-order valence-electron chi connectivity index (χ0n) is 12.1. The Morgan fingerprint density at radius 2 is 2.00 bits per heavy atom. The Morgan fingerprint density at radius 3 is 2.86 bits per heavy atom. The maximum atomic E-state index is 11.8. The van der Waals surface area contributed by atoms with Crippen LogP contribution in [-0.2, 0) is 6.42 Å². The highest BCUT2D eigenvalue weighted by Crippen LogP contribution is 2.21. The van der Waals surface area contributed by atoms with Gasteiger partial charge in [0.2, 0.25) is 0 Å². The van der Waals surface area contributed by atoms with E-state index in [1.807, 2.05) is 49.4 Å². The van der Waals surface area contributed by atoms with Crippen LogP contribution >= 0.6 is 0 Å². The van der Waals surface area contributed by atoms with E-state index < -0.39 is 0 Å². The van der Waals surface area contributed by atoms with Gasteiger partial charge in [-0.15, -0.1) is 0 Å². The summed E-state index contributed by atoms with van der Waals surface area (Å²) in [5.41, 5.74) is 4.21. The summed E-state index contributed by atoms with van der Waals surface area (Å²) in [7, 11) is 0. The third-order valence-electron chi connectivity index (χ3n) is 3.78. The van der Waals surface area contributed by atoms with E-state index >= 15 is 0 Å². The summed E-state index contributed by atoms with van der Waals surface area (Å²) in [6, 6.07) is 15.3. The number of H-pyrrole nitrogens is 1. The quantitative estimate of drug-likeness (QED) is 0.574. The van der Waals surface area contributed by atoms with Gasteiger partial charge < -0.3 is 9.40 Å². The molecule has 0 fully saturated rings. The van der Waals surface area contributed by atoms with E-state index in [2.05, 4.69) is 9.97 Å². The van der Waals surface area contributed by atoms with E-state index in [1.54, 1.807) is 6.07 Å². The minimum Gasteiger partial charge on any atom is -0.423 e. The minimum atomic E-state index is -0.329. The van der Waals surface area contributed by atoms with Crippen LogP contribution in [0, 0.1) is 6.92 Å². The van der Waals surface area contributed by atoms with Crippen molar-refractivity contribution in [3.05, 3.63) is 75.9 Å². The molecule has 0 atom stereocenters. The molecule has 4 rings (SSSR count). The lowest BCUT2D eigenvalue weighted by Crippen LogP contribution is -2.02. The fourth-order valence-electron chi connectivity index (χ4n) is 2.75. The molecule has 0 saturated heterocycles. The molecule has 0 bridgehead atoms. The highest BCUT2D eigenvalue weighted by molar-refractivity contribution is 5.81. The first-order valence-corrected chi connectivity index (χ1v) is 7.16. The van der Waals surface area contributed by atoms with Crippen molar-refractivity contribution in [2.45, 2.75) is 13.3 Å². The highest BCUT2D eigenvalue weighted by atomic mass is 16.4. The van der Waals surface area contributed by atoms with Gasteiger partial charge in [-0.2, -0.15) is 0 Å². The lowest BCUT2D eigenvalue weighted by molar-refractivity contribution is 0.559. The largest absolute Gasteiger partial charge is 0.423 e. The molecule has 2 aromatic heterocycles. The lowest BCUT2D eigenvalue weighted by Gasteiger charge is -2.04. The molecule has 1 N–H and O–H groups in total. The average Bonchev–Trinajstić information content (AvgIpc) is 2.88. The first-order chi connectivity index (χ1) is 10.7. The SMILES string of the molecule is Cc1ccc2c(Cc3nc4ccccc4[nH]3)cc(=O)oc2c1. The molecule has 0 spiro atoms. The van der Waals surface area contributed by atoms with Gasteiger partial charge in [0.15, 0.2) is 0 Å². The van der Waals surface area contributed by atoms with Crippen LogP contribution in [0.15, 0.2) is 57.7 Å². The van der Waals surface area contributed by atoms with Gasteiger partial charge >= 0.3 is 5.63 Å². The van der Waals surface area contributed by atoms with Crippen LogP contribution in [0.25, 0.3) is 22.0 Å².